The summed E-state index contributed by atoms with van der Waals surface area (Å²) in [7, 11) is 0. The number of nitrogens with one attached hydrogen (secondary N) is 1. The molecule has 0 spiro atoms. The van der Waals surface area contributed by atoms with Gasteiger partial charge in [-0.15, -0.1) is 11.3 Å². The highest BCUT2D eigenvalue weighted by Crippen LogP contribution is 2.27. The van der Waals surface area contributed by atoms with Crippen molar-refractivity contribution in [3.05, 3.63) is 15.6 Å². The van der Waals surface area contributed by atoms with Crippen molar-refractivity contribution in [3.63, 3.8) is 0 Å². The normalized spacial score (nSPS) is 14.3. The number of rotatable bonds is 3. The zero-order chi connectivity index (χ0) is 8.39. The number of amides is 1. The highest BCUT2D eigenvalue weighted by atomic mass is 32.1. The monoisotopic (exact) mass is 182 g/mol. The zero-order valence-electron chi connectivity index (χ0n) is 6.67. The molecule has 1 N–H and O–H groups in total. The topological polar surface area (TPSA) is 42.0 Å². The summed E-state index contributed by atoms with van der Waals surface area (Å²) in [5.74, 6) is 0. The Bertz CT molecular complexity index is 274. The minimum atomic E-state index is 0.584. The first kappa shape index (κ1) is 7.73. The van der Waals surface area contributed by atoms with E-state index in [1.54, 1.807) is 11.3 Å². The van der Waals surface area contributed by atoms with Gasteiger partial charge < -0.3 is 5.32 Å². The van der Waals surface area contributed by atoms with Gasteiger partial charge in [0.1, 0.15) is 5.01 Å². The van der Waals surface area contributed by atoms with Crippen LogP contribution >= 0.6 is 11.3 Å². The molecule has 0 fully saturated rings. The first-order valence-electron chi connectivity index (χ1n) is 4.04. The van der Waals surface area contributed by atoms with Crippen LogP contribution in [0.4, 0.5) is 0 Å². The van der Waals surface area contributed by atoms with Gasteiger partial charge in [0, 0.05) is 4.88 Å². The summed E-state index contributed by atoms with van der Waals surface area (Å²) < 4.78 is 0. The van der Waals surface area contributed by atoms with E-state index in [-0.39, 0.29) is 0 Å². The smallest absolute Gasteiger partial charge is 0.207 e. The fourth-order valence-electron chi connectivity index (χ4n) is 1.45. The number of carbonyl (C=O) groups is 1. The van der Waals surface area contributed by atoms with Gasteiger partial charge in [0.25, 0.3) is 0 Å². The standard InChI is InChI=1S/C8H10N2OS/c11-5-9-4-8-10-6-2-1-3-7(6)12-8/h5H,1-4H2,(H,9,11). The number of thiazole rings is 1. The summed E-state index contributed by atoms with van der Waals surface area (Å²) >= 11 is 1.73. The van der Waals surface area contributed by atoms with Crippen LogP contribution in [-0.4, -0.2) is 11.4 Å². The molecule has 0 radical (unpaired) electrons. The predicted molar refractivity (Wildman–Crippen MR) is 47.0 cm³/mol. The van der Waals surface area contributed by atoms with Gasteiger partial charge in [-0.25, -0.2) is 4.98 Å². The Morgan fingerprint density at radius 2 is 2.50 bits per heavy atom. The molecule has 1 aliphatic rings. The maximum absolute atomic E-state index is 10.0. The van der Waals surface area contributed by atoms with Gasteiger partial charge in [-0.05, 0) is 19.3 Å². The third kappa shape index (κ3) is 1.34. The number of carbonyl (C=O) groups excluding carboxylic acids is 1. The molecule has 2 rings (SSSR count). The van der Waals surface area contributed by atoms with Crippen LogP contribution in [0.1, 0.15) is 22.0 Å². The Morgan fingerprint density at radius 3 is 3.25 bits per heavy atom. The van der Waals surface area contributed by atoms with Gasteiger partial charge in [-0.3, -0.25) is 4.79 Å². The molecule has 0 bridgehead atoms. The number of hydrogen-bond donors (Lipinski definition) is 1. The number of aromatic nitrogens is 1. The van der Waals surface area contributed by atoms with Gasteiger partial charge in [0.15, 0.2) is 0 Å². The van der Waals surface area contributed by atoms with E-state index < -0.39 is 0 Å². The Labute approximate surface area is 74.8 Å². The second-order valence-corrected chi connectivity index (χ2v) is 4.00. The molecule has 0 aromatic carbocycles. The zero-order valence-corrected chi connectivity index (χ0v) is 7.49. The molecule has 12 heavy (non-hydrogen) atoms. The van der Waals surface area contributed by atoms with E-state index in [0.29, 0.717) is 13.0 Å². The molecule has 4 heteroatoms. The predicted octanol–water partition coefficient (Wildman–Crippen LogP) is 0.878. The van der Waals surface area contributed by atoms with Crippen LogP contribution < -0.4 is 5.32 Å². The quantitative estimate of drug-likeness (QED) is 0.705. The molecule has 3 nitrogen and oxygen atoms in total. The fourth-order valence-corrected chi connectivity index (χ4v) is 2.56. The van der Waals surface area contributed by atoms with Crippen molar-refractivity contribution in [3.8, 4) is 0 Å². The Morgan fingerprint density at radius 1 is 1.58 bits per heavy atom. The molecule has 1 aliphatic carbocycles. The summed E-state index contributed by atoms with van der Waals surface area (Å²) in [6.45, 7) is 0.584. The molecule has 0 saturated heterocycles. The van der Waals surface area contributed by atoms with Gasteiger partial charge in [-0.1, -0.05) is 0 Å². The maximum atomic E-state index is 10.0. The van der Waals surface area contributed by atoms with Crippen molar-refractivity contribution in [2.75, 3.05) is 0 Å². The van der Waals surface area contributed by atoms with Crippen molar-refractivity contribution in [1.82, 2.24) is 10.3 Å². The van der Waals surface area contributed by atoms with E-state index in [1.165, 1.54) is 23.4 Å². The first-order chi connectivity index (χ1) is 5.90. The third-order valence-electron chi connectivity index (χ3n) is 1.98. The Balaban J connectivity index is 2.09. The molecule has 64 valence electrons. The summed E-state index contributed by atoms with van der Waals surface area (Å²) in [4.78, 5) is 15.9. The van der Waals surface area contributed by atoms with E-state index in [0.717, 1.165) is 11.4 Å². The van der Waals surface area contributed by atoms with Crippen molar-refractivity contribution in [2.45, 2.75) is 25.8 Å². The summed E-state index contributed by atoms with van der Waals surface area (Å²) in [5.41, 5.74) is 1.25. The minimum Gasteiger partial charge on any atom is -0.352 e. The fraction of sp³-hybridized carbons (Fsp3) is 0.500. The lowest BCUT2D eigenvalue weighted by molar-refractivity contribution is -0.109. The average molecular weight is 182 g/mol. The Hall–Kier alpha value is -0.900. The number of hydrogen-bond acceptors (Lipinski definition) is 3. The molecule has 0 saturated carbocycles. The first-order valence-corrected chi connectivity index (χ1v) is 4.86. The van der Waals surface area contributed by atoms with Crippen LogP contribution in [-0.2, 0) is 24.2 Å². The SMILES string of the molecule is O=CNCc1nc2c(s1)CCC2. The third-order valence-corrected chi connectivity index (χ3v) is 3.13. The van der Waals surface area contributed by atoms with E-state index in [9.17, 15) is 4.79 Å². The molecule has 1 aromatic rings. The molecule has 1 amide bonds. The average Bonchev–Trinajstić information content (AvgIpc) is 2.58. The van der Waals surface area contributed by atoms with Crippen LogP contribution in [0.5, 0.6) is 0 Å². The second kappa shape index (κ2) is 3.23. The number of nitrogens with zero attached hydrogens (tertiary/aromatic N) is 1. The number of fused-ring (bicyclic) bond motifs is 1. The van der Waals surface area contributed by atoms with E-state index in [1.807, 2.05) is 0 Å². The van der Waals surface area contributed by atoms with Crippen LogP contribution in [0.3, 0.4) is 0 Å². The highest BCUT2D eigenvalue weighted by molar-refractivity contribution is 7.11. The van der Waals surface area contributed by atoms with Crippen molar-refractivity contribution < 1.29 is 4.79 Å². The molecule has 1 aromatic heterocycles. The summed E-state index contributed by atoms with van der Waals surface area (Å²) in [6.07, 6.45) is 4.25. The van der Waals surface area contributed by atoms with Crippen LogP contribution in [0.25, 0.3) is 0 Å². The lowest BCUT2D eigenvalue weighted by Gasteiger charge is -1.91. The molecular formula is C8H10N2OS. The largest absolute Gasteiger partial charge is 0.352 e. The van der Waals surface area contributed by atoms with Gasteiger partial charge in [0.05, 0.1) is 12.2 Å². The minimum absolute atomic E-state index is 0.584. The maximum Gasteiger partial charge on any atom is 0.207 e. The highest BCUT2D eigenvalue weighted by Gasteiger charge is 2.15. The second-order valence-electron chi connectivity index (χ2n) is 2.83. The van der Waals surface area contributed by atoms with Gasteiger partial charge in [0.2, 0.25) is 6.41 Å². The van der Waals surface area contributed by atoms with Crippen LogP contribution in [0.15, 0.2) is 0 Å². The van der Waals surface area contributed by atoms with Gasteiger partial charge >= 0.3 is 0 Å². The Kier molecular flexibility index (Phi) is 2.08. The lowest BCUT2D eigenvalue weighted by atomic mass is 10.4. The summed E-state index contributed by atoms with van der Waals surface area (Å²) in [6, 6.07) is 0. The van der Waals surface area contributed by atoms with E-state index >= 15 is 0 Å². The van der Waals surface area contributed by atoms with Crippen molar-refractivity contribution in [2.24, 2.45) is 0 Å². The summed E-state index contributed by atoms with van der Waals surface area (Å²) in [5, 5.41) is 3.65. The lowest BCUT2D eigenvalue weighted by Crippen LogP contribution is -2.09. The van der Waals surface area contributed by atoms with E-state index in [2.05, 4.69) is 10.3 Å². The molecule has 0 atom stereocenters. The van der Waals surface area contributed by atoms with Crippen molar-refractivity contribution in [1.29, 1.82) is 0 Å². The number of aryl methyl sites for hydroxylation is 2. The molecule has 0 aliphatic heterocycles. The molecular weight excluding hydrogens is 172 g/mol. The van der Waals surface area contributed by atoms with E-state index in [4.69, 9.17) is 0 Å². The molecule has 0 unspecified atom stereocenters. The van der Waals surface area contributed by atoms with Crippen LogP contribution in [0.2, 0.25) is 0 Å². The van der Waals surface area contributed by atoms with Gasteiger partial charge in [-0.2, -0.15) is 0 Å². The molecule has 1 heterocycles. The van der Waals surface area contributed by atoms with Crippen molar-refractivity contribution >= 4 is 17.7 Å². The van der Waals surface area contributed by atoms with Crippen LogP contribution in [0, 0.1) is 0 Å².